The Balaban J connectivity index is 0.000000240. The van der Waals surface area contributed by atoms with Gasteiger partial charge in [0.15, 0.2) is 0 Å². The summed E-state index contributed by atoms with van der Waals surface area (Å²) in [6.07, 6.45) is 7.45. The molecule has 0 fully saturated rings. The van der Waals surface area contributed by atoms with E-state index in [1.807, 2.05) is 44.2 Å². The number of anilines is 11. The Hall–Kier alpha value is -8.18. The number of pyridine rings is 4. The van der Waals surface area contributed by atoms with Gasteiger partial charge in [-0.25, -0.2) is 59.8 Å². The van der Waals surface area contributed by atoms with Crippen LogP contribution in [0, 0.1) is 0 Å². The van der Waals surface area contributed by atoms with Crippen LogP contribution in [0.4, 0.5) is 64.0 Å². The van der Waals surface area contributed by atoms with Gasteiger partial charge in [-0.2, -0.15) is 0 Å². The molecule has 0 unspecified atom stereocenters. The fraction of sp³-hybridized carbons (Fsp3) is 0.229. The van der Waals surface area contributed by atoms with Gasteiger partial charge in [0.2, 0.25) is 5.91 Å². The number of aromatic nitrogens is 12. The van der Waals surface area contributed by atoms with Gasteiger partial charge in [-0.15, -0.1) is 0 Å². The van der Waals surface area contributed by atoms with Gasteiger partial charge >= 0.3 is 0 Å². The van der Waals surface area contributed by atoms with E-state index in [1.165, 1.54) is 57.9 Å². The van der Waals surface area contributed by atoms with Crippen molar-refractivity contribution < 1.29 is 4.79 Å². The van der Waals surface area contributed by atoms with Gasteiger partial charge in [-0.3, -0.25) is 4.79 Å². The third kappa shape index (κ3) is 25.5. The minimum absolute atomic E-state index is 0.153. The minimum atomic E-state index is -0.153. The van der Waals surface area contributed by atoms with Gasteiger partial charge in [-0.05, 0) is 81.0 Å². The Morgan fingerprint density at radius 2 is 0.781 bits per heavy atom. The van der Waals surface area contributed by atoms with Crippen molar-refractivity contribution in [2.24, 2.45) is 0 Å². The van der Waals surface area contributed by atoms with Crippen LogP contribution in [0.5, 0.6) is 0 Å². The SMILES string of the molecule is CCN(CC)CC.CCc1cc(Nc2cccc(N)n2)ncn1.CCc1cc(Nc2cccc(NC(C)=O)n2)ncn1.Clc1cc(Cl)ncn1.Nc1cccc(N)n1.Nc1cccc(Nc2cc(Cl)ncn2)n1. The van der Waals surface area contributed by atoms with E-state index in [1.54, 1.807) is 60.7 Å². The van der Waals surface area contributed by atoms with Crippen molar-refractivity contribution >= 4 is 105 Å². The van der Waals surface area contributed by atoms with Gasteiger partial charge in [-0.1, -0.05) is 93.7 Å². The third-order valence-corrected chi connectivity index (χ3v) is 9.52. The second-order valence-electron chi connectivity index (χ2n) is 14.4. The molecule has 8 aromatic rings. The number of hydrogen-bond acceptors (Lipinski definition) is 21. The first-order valence-corrected chi connectivity index (χ1v) is 23.7. The summed E-state index contributed by atoms with van der Waals surface area (Å²) < 4.78 is 0. The lowest BCUT2D eigenvalue weighted by Crippen LogP contribution is -2.21. The molecule has 12 N–H and O–H groups in total. The maximum atomic E-state index is 11.0. The summed E-state index contributed by atoms with van der Waals surface area (Å²) in [7, 11) is 0. The molecule has 0 spiro atoms. The van der Waals surface area contributed by atoms with Gasteiger partial charge in [0.25, 0.3) is 0 Å². The standard InChI is InChI=1S/C13H15N5O.C11H13N5.C9H8ClN5.C6H15N.C5H7N3.C4H2Cl2N2/c1-3-10-7-13(15-8-14-10)18-12-6-4-5-11(17-12)16-9(2)19;1-2-8-6-11(14-7-13-8)16-10-5-3-4-9(12)15-10;10-6-4-9(13-5-12-6)15-8-3-1-2-7(11)14-8;1-4-7(5-2)6-3;6-4-2-1-3-5(7)8-4;5-3-1-4(6)8-2-7-3/h4-8H,3H2,1-2H3,(H2,14,15,16,17,18,19);3-7H,2H2,1H3,(H3,12,13,14,15,16);1-5H,(H3,11,12,13,14,15);4-6H2,1-3H3;1-3H,(H4,6,7,8);1-2H. The summed E-state index contributed by atoms with van der Waals surface area (Å²) in [5.41, 5.74) is 23.6. The molecule has 0 bridgehead atoms. The molecule has 0 aliphatic carbocycles. The highest BCUT2D eigenvalue weighted by Crippen LogP contribution is 2.17. The topological polar surface area (TPSA) is 327 Å². The highest BCUT2D eigenvalue weighted by atomic mass is 35.5. The monoisotopic (exact) mass is 1050 g/mol. The molecule has 0 saturated carbocycles. The Morgan fingerprint density at radius 3 is 1.11 bits per heavy atom. The summed E-state index contributed by atoms with van der Waals surface area (Å²) in [4.78, 5) is 61.0. The number of carbonyl (C=O) groups is 1. The van der Waals surface area contributed by atoms with Crippen molar-refractivity contribution in [3.8, 4) is 0 Å². The lowest BCUT2D eigenvalue weighted by molar-refractivity contribution is -0.114. The largest absolute Gasteiger partial charge is 0.384 e. The number of hydrogen-bond donors (Lipinski definition) is 8. The van der Waals surface area contributed by atoms with Crippen LogP contribution in [0.25, 0.3) is 0 Å². The van der Waals surface area contributed by atoms with Crippen molar-refractivity contribution in [3.05, 3.63) is 149 Å². The Kier molecular flexibility index (Phi) is 27.1. The maximum Gasteiger partial charge on any atom is 0.222 e. The molecule has 73 heavy (non-hydrogen) atoms. The number of carbonyl (C=O) groups excluding carboxylic acids is 1. The van der Waals surface area contributed by atoms with Gasteiger partial charge < -0.3 is 49.1 Å². The number of aryl methyl sites for hydroxylation is 2. The molecule has 1 amide bonds. The average molecular weight is 1050 g/mol. The van der Waals surface area contributed by atoms with Crippen molar-refractivity contribution in [2.75, 3.05) is 63.8 Å². The van der Waals surface area contributed by atoms with Crippen LogP contribution >= 0.6 is 34.8 Å². The van der Waals surface area contributed by atoms with E-state index in [-0.39, 0.29) is 5.91 Å². The molecule has 0 atom stereocenters. The normalized spacial score (nSPS) is 9.84. The number of amides is 1. The quantitative estimate of drug-likeness (QED) is 0.0528. The molecular formula is C48H60Cl3N21O. The van der Waals surface area contributed by atoms with Crippen LogP contribution in [-0.2, 0) is 17.6 Å². The van der Waals surface area contributed by atoms with Crippen LogP contribution in [0.1, 0.15) is 52.9 Å². The highest BCUT2D eigenvalue weighted by Gasteiger charge is 2.04. The maximum absolute atomic E-state index is 11.0. The fourth-order valence-electron chi connectivity index (χ4n) is 5.36. The molecule has 0 aliphatic heterocycles. The first kappa shape index (κ1) is 59.1. The Bertz CT molecular complexity index is 2740. The third-order valence-electron chi connectivity index (χ3n) is 8.90. The van der Waals surface area contributed by atoms with Crippen LogP contribution in [-0.4, -0.2) is 90.2 Å². The second-order valence-corrected chi connectivity index (χ2v) is 15.5. The number of nitrogen functional groups attached to an aromatic ring is 4. The van der Waals surface area contributed by atoms with E-state index in [0.29, 0.717) is 73.6 Å². The molecule has 384 valence electrons. The van der Waals surface area contributed by atoms with E-state index in [4.69, 9.17) is 57.7 Å². The van der Waals surface area contributed by atoms with E-state index in [9.17, 15) is 4.79 Å². The zero-order valence-corrected chi connectivity index (χ0v) is 43.5. The molecule has 8 rings (SSSR count). The summed E-state index contributed by atoms with van der Waals surface area (Å²) in [6.45, 7) is 15.6. The van der Waals surface area contributed by atoms with Crippen molar-refractivity contribution in [1.82, 2.24) is 64.7 Å². The van der Waals surface area contributed by atoms with Crippen molar-refractivity contribution in [2.45, 2.75) is 54.4 Å². The molecule has 22 nitrogen and oxygen atoms in total. The van der Waals surface area contributed by atoms with Crippen molar-refractivity contribution in [3.63, 3.8) is 0 Å². The number of rotatable bonds is 12. The number of nitrogens with one attached hydrogen (secondary N) is 4. The Labute approximate surface area is 439 Å². The zero-order chi connectivity index (χ0) is 53.4. The van der Waals surface area contributed by atoms with Gasteiger partial charge in [0.05, 0.1) is 0 Å². The molecule has 8 aromatic heterocycles. The van der Waals surface area contributed by atoms with E-state index in [2.05, 4.69) is 107 Å². The number of halogens is 3. The molecule has 0 aromatic carbocycles. The molecule has 25 heteroatoms. The smallest absolute Gasteiger partial charge is 0.222 e. The predicted octanol–water partition coefficient (Wildman–Crippen LogP) is 9.12. The lowest BCUT2D eigenvalue weighted by atomic mass is 10.3. The minimum Gasteiger partial charge on any atom is -0.384 e. The van der Waals surface area contributed by atoms with Crippen LogP contribution < -0.4 is 44.2 Å². The van der Waals surface area contributed by atoms with Crippen LogP contribution in [0.2, 0.25) is 15.5 Å². The molecule has 0 saturated heterocycles. The number of nitrogens with zero attached hydrogens (tertiary/aromatic N) is 13. The van der Waals surface area contributed by atoms with Crippen LogP contribution in [0.15, 0.2) is 122 Å². The predicted molar refractivity (Wildman–Crippen MR) is 294 cm³/mol. The first-order valence-electron chi connectivity index (χ1n) is 22.5. The van der Waals surface area contributed by atoms with Crippen molar-refractivity contribution in [1.29, 1.82) is 0 Å². The van der Waals surface area contributed by atoms with E-state index in [0.717, 1.165) is 30.0 Å². The van der Waals surface area contributed by atoms with Crippen LogP contribution in [0.3, 0.4) is 0 Å². The fourth-order valence-corrected chi connectivity index (χ4v) is 5.86. The van der Waals surface area contributed by atoms with E-state index < -0.39 is 0 Å². The summed E-state index contributed by atoms with van der Waals surface area (Å²) in [5.74, 6) is 6.10. The zero-order valence-electron chi connectivity index (χ0n) is 41.2. The molecule has 0 radical (unpaired) electrons. The Morgan fingerprint density at radius 1 is 0.438 bits per heavy atom. The molecule has 0 aliphatic rings. The lowest BCUT2D eigenvalue weighted by Gasteiger charge is -2.13. The van der Waals surface area contributed by atoms with Gasteiger partial charge in [0, 0.05) is 42.6 Å². The average Bonchev–Trinajstić information content (AvgIpc) is 3.35. The second kappa shape index (κ2) is 33.4. The first-order chi connectivity index (χ1) is 35.1. The highest BCUT2D eigenvalue weighted by molar-refractivity contribution is 6.33. The number of nitrogens with two attached hydrogens (primary N) is 4. The summed E-state index contributed by atoms with van der Waals surface area (Å²) in [5, 5.41) is 12.8. The van der Waals surface area contributed by atoms with Gasteiger partial charge in [0.1, 0.15) is 105 Å². The van der Waals surface area contributed by atoms with E-state index >= 15 is 0 Å². The molecular weight excluding hydrogens is 993 g/mol. The summed E-state index contributed by atoms with van der Waals surface area (Å²) in [6, 6.07) is 28.0. The summed E-state index contributed by atoms with van der Waals surface area (Å²) >= 11 is 16.5. The molecule has 8 heterocycles.